The zero-order valence-corrected chi connectivity index (χ0v) is 13.6. The zero-order chi connectivity index (χ0) is 17.2. The number of fused-ring (bicyclic) bond motifs is 1. The van der Waals surface area contributed by atoms with Gasteiger partial charge in [0.05, 0.1) is 5.69 Å². The number of rotatable bonds is 4. The second kappa shape index (κ2) is 6.32. The highest BCUT2D eigenvalue weighted by Gasteiger charge is 2.11. The predicted octanol–water partition coefficient (Wildman–Crippen LogP) is 4.26. The summed E-state index contributed by atoms with van der Waals surface area (Å²) in [5, 5.41) is 4.08. The van der Waals surface area contributed by atoms with Crippen LogP contribution in [-0.4, -0.2) is 26.5 Å². The number of nitrogens with one attached hydrogen (secondary N) is 2. The molecule has 4 rings (SSSR count). The fourth-order valence-corrected chi connectivity index (χ4v) is 2.77. The van der Waals surface area contributed by atoms with Crippen LogP contribution in [0.4, 0.5) is 10.2 Å². The molecule has 4 aromatic rings. The van der Waals surface area contributed by atoms with Crippen LogP contribution in [0.15, 0.2) is 55.0 Å². The largest absolute Gasteiger partial charge is 0.370 e. The molecule has 0 spiro atoms. The highest BCUT2D eigenvalue weighted by molar-refractivity contribution is 5.94. The van der Waals surface area contributed by atoms with Crippen molar-refractivity contribution in [3.63, 3.8) is 0 Å². The normalized spacial score (nSPS) is 11.0. The third kappa shape index (κ3) is 2.94. The van der Waals surface area contributed by atoms with Crippen LogP contribution in [0.3, 0.4) is 0 Å². The lowest BCUT2D eigenvalue weighted by molar-refractivity contribution is 0.628. The van der Waals surface area contributed by atoms with Crippen LogP contribution in [0.5, 0.6) is 0 Å². The van der Waals surface area contributed by atoms with E-state index in [2.05, 4.69) is 25.3 Å². The SMILES string of the molecule is CCNc1ccc(-c2ncnc3[nH]c(-c4ccc(F)cc4)cc23)cn1. The van der Waals surface area contributed by atoms with E-state index < -0.39 is 0 Å². The van der Waals surface area contributed by atoms with Crippen molar-refractivity contribution in [1.29, 1.82) is 0 Å². The van der Waals surface area contributed by atoms with Gasteiger partial charge in [0.2, 0.25) is 0 Å². The quantitative estimate of drug-likeness (QED) is 0.586. The van der Waals surface area contributed by atoms with Crippen molar-refractivity contribution in [2.45, 2.75) is 6.92 Å². The number of benzene rings is 1. The molecule has 0 radical (unpaired) electrons. The van der Waals surface area contributed by atoms with Crippen LogP contribution in [-0.2, 0) is 0 Å². The molecule has 0 aliphatic rings. The molecule has 6 heteroatoms. The summed E-state index contributed by atoms with van der Waals surface area (Å²) >= 11 is 0. The summed E-state index contributed by atoms with van der Waals surface area (Å²) in [6, 6.07) is 12.3. The highest BCUT2D eigenvalue weighted by Crippen LogP contribution is 2.29. The van der Waals surface area contributed by atoms with E-state index in [0.717, 1.165) is 45.9 Å². The maximum atomic E-state index is 13.1. The van der Waals surface area contributed by atoms with Crippen molar-refractivity contribution in [1.82, 2.24) is 19.9 Å². The molecule has 0 aliphatic heterocycles. The van der Waals surface area contributed by atoms with Crippen molar-refractivity contribution < 1.29 is 4.39 Å². The maximum absolute atomic E-state index is 13.1. The lowest BCUT2D eigenvalue weighted by Crippen LogP contribution is -1.98. The first-order valence-electron chi connectivity index (χ1n) is 8.04. The first-order valence-corrected chi connectivity index (χ1v) is 8.04. The Bertz CT molecular complexity index is 1010. The number of nitrogens with zero attached hydrogens (tertiary/aromatic N) is 3. The third-order valence-electron chi connectivity index (χ3n) is 3.98. The second-order valence-electron chi connectivity index (χ2n) is 5.64. The number of hydrogen-bond acceptors (Lipinski definition) is 4. The predicted molar refractivity (Wildman–Crippen MR) is 96.7 cm³/mol. The lowest BCUT2D eigenvalue weighted by atomic mass is 10.1. The molecule has 0 bridgehead atoms. The molecule has 0 fully saturated rings. The van der Waals surface area contributed by atoms with E-state index in [1.165, 1.54) is 18.5 Å². The van der Waals surface area contributed by atoms with E-state index in [-0.39, 0.29) is 5.82 Å². The zero-order valence-electron chi connectivity index (χ0n) is 13.6. The second-order valence-corrected chi connectivity index (χ2v) is 5.64. The van der Waals surface area contributed by atoms with E-state index >= 15 is 0 Å². The minimum atomic E-state index is -0.257. The molecule has 0 unspecified atom stereocenters. The van der Waals surface area contributed by atoms with Gasteiger partial charge in [-0.05, 0) is 55.0 Å². The summed E-state index contributed by atoms with van der Waals surface area (Å²) in [6.45, 7) is 2.85. The van der Waals surface area contributed by atoms with Crippen LogP contribution >= 0.6 is 0 Å². The Morgan fingerprint density at radius 3 is 2.52 bits per heavy atom. The Morgan fingerprint density at radius 2 is 1.80 bits per heavy atom. The monoisotopic (exact) mass is 333 g/mol. The standard InChI is InChI=1S/C19H16FN5/c1-2-21-17-8-5-13(10-22-17)18-15-9-16(25-19(15)24-11-23-18)12-3-6-14(20)7-4-12/h3-11H,2H2,1H3,(H,21,22)(H,23,24,25). The van der Waals surface area contributed by atoms with Gasteiger partial charge < -0.3 is 10.3 Å². The van der Waals surface area contributed by atoms with Crippen LogP contribution < -0.4 is 5.32 Å². The molecule has 25 heavy (non-hydrogen) atoms. The number of hydrogen-bond donors (Lipinski definition) is 2. The number of aromatic amines is 1. The molecule has 124 valence electrons. The van der Waals surface area contributed by atoms with Gasteiger partial charge in [0.25, 0.3) is 0 Å². The van der Waals surface area contributed by atoms with E-state index in [0.29, 0.717) is 0 Å². The molecule has 3 heterocycles. The van der Waals surface area contributed by atoms with Gasteiger partial charge in [0, 0.05) is 29.4 Å². The van der Waals surface area contributed by atoms with Gasteiger partial charge in [-0.15, -0.1) is 0 Å². The topological polar surface area (TPSA) is 66.5 Å². The highest BCUT2D eigenvalue weighted by atomic mass is 19.1. The summed E-state index contributed by atoms with van der Waals surface area (Å²) in [7, 11) is 0. The van der Waals surface area contributed by atoms with Crippen LogP contribution in [0.1, 0.15) is 6.92 Å². The summed E-state index contributed by atoms with van der Waals surface area (Å²) < 4.78 is 13.1. The van der Waals surface area contributed by atoms with Crippen molar-refractivity contribution in [3.8, 4) is 22.5 Å². The van der Waals surface area contributed by atoms with Gasteiger partial charge in [-0.2, -0.15) is 0 Å². The Morgan fingerprint density at radius 1 is 1.00 bits per heavy atom. The summed E-state index contributed by atoms with van der Waals surface area (Å²) in [5.74, 6) is 0.574. The number of halogens is 1. The average molecular weight is 333 g/mol. The summed E-state index contributed by atoms with van der Waals surface area (Å²) in [6.07, 6.45) is 3.32. The number of anilines is 1. The molecule has 2 N–H and O–H groups in total. The molecule has 1 aromatic carbocycles. The van der Waals surface area contributed by atoms with Crippen molar-refractivity contribution in [2.24, 2.45) is 0 Å². The Balaban J connectivity index is 1.78. The number of pyridine rings is 1. The minimum absolute atomic E-state index is 0.257. The van der Waals surface area contributed by atoms with Crippen LogP contribution in [0.25, 0.3) is 33.5 Å². The van der Waals surface area contributed by atoms with Gasteiger partial charge in [-0.3, -0.25) is 0 Å². The van der Waals surface area contributed by atoms with E-state index in [4.69, 9.17) is 0 Å². The minimum Gasteiger partial charge on any atom is -0.370 e. The first-order chi connectivity index (χ1) is 12.2. The molecule has 0 saturated heterocycles. The van der Waals surface area contributed by atoms with Crippen LogP contribution in [0, 0.1) is 5.82 Å². The molecular weight excluding hydrogens is 317 g/mol. The van der Waals surface area contributed by atoms with Gasteiger partial charge in [0.15, 0.2) is 0 Å². The molecule has 3 aromatic heterocycles. The Hall–Kier alpha value is -3.28. The summed E-state index contributed by atoms with van der Waals surface area (Å²) in [4.78, 5) is 16.4. The summed E-state index contributed by atoms with van der Waals surface area (Å²) in [5.41, 5.74) is 4.23. The van der Waals surface area contributed by atoms with Crippen LogP contribution in [0.2, 0.25) is 0 Å². The molecule has 5 nitrogen and oxygen atoms in total. The van der Waals surface area contributed by atoms with E-state index in [1.54, 1.807) is 18.3 Å². The molecule has 0 aliphatic carbocycles. The molecule has 0 atom stereocenters. The van der Waals surface area contributed by atoms with E-state index in [1.807, 2.05) is 25.1 Å². The lowest BCUT2D eigenvalue weighted by Gasteiger charge is -2.04. The first kappa shape index (κ1) is 15.3. The van der Waals surface area contributed by atoms with Gasteiger partial charge in [-0.25, -0.2) is 19.3 Å². The average Bonchev–Trinajstić information content (AvgIpc) is 3.07. The molecule has 0 amide bonds. The van der Waals surface area contributed by atoms with Gasteiger partial charge in [-0.1, -0.05) is 0 Å². The number of aromatic nitrogens is 4. The maximum Gasteiger partial charge on any atom is 0.141 e. The Kier molecular flexibility index (Phi) is 3.85. The third-order valence-corrected chi connectivity index (χ3v) is 3.98. The smallest absolute Gasteiger partial charge is 0.141 e. The molecular formula is C19H16FN5. The Labute approximate surface area is 144 Å². The fourth-order valence-electron chi connectivity index (χ4n) is 2.77. The van der Waals surface area contributed by atoms with Crippen molar-refractivity contribution in [2.75, 3.05) is 11.9 Å². The van der Waals surface area contributed by atoms with Gasteiger partial charge >= 0.3 is 0 Å². The van der Waals surface area contributed by atoms with Crippen molar-refractivity contribution >= 4 is 16.9 Å². The molecule has 0 saturated carbocycles. The van der Waals surface area contributed by atoms with Gasteiger partial charge in [0.1, 0.15) is 23.6 Å². The fraction of sp³-hybridized carbons (Fsp3) is 0.105. The van der Waals surface area contributed by atoms with Crippen molar-refractivity contribution in [3.05, 3.63) is 60.8 Å². The van der Waals surface area contributed by atoms with E-state index in [9.17, 15) is 4.39 Å². The number of H-pyrrole nitrogens is 1.